The number of rotatable bonds is 5. The van der Waals surface area contributed by atoms with Crippen LogP contribution in [-0.2, 0) is 6.42 Å². The van der Waals surface area contributed by atoms with Crippen LogP contribution in [0, 0.1) is 17.5 Å². The smallest absolute Gasteiger partial charge is 0.195 e. The molecule has 0 fully saturated rings. The van der Waals surface area contributed by atoms with E-state index in [2.05, 4.69) is 30.8 Å². The average Bonchev–Trinajstić information content (AvgIpc) is 2.76. The van der Waals surface area contributed by atoms with Gasteiger partial charge in [0.1, 0.15) is 0 Å². The molecule has 144 valence electrons. The molecule has 0 bridgehead atoms. The minimum Gasteiger partial charge on any atom is -0.204 e. The summed E-state index contributed by atoms with van der Waals surface area (Å²) in [6, 6.07) is 22.3. The highest BCUT2D eigenvalue weighted by Crippen LogP contribution is 2.30. The quantitative estimate of drug-likeness (QED) is 0.243. The second kappa shape index (κ2) is 7.96. The molecule has 0 aliphatic rings. The summed E-state index contributed by atoms with van der Waals surface area (Å²) in [5.41, 5.74) is 5.22. The third kappa shape index (κ3) is 3.81. The van der Waals surface area contributed by atoms with Gasteiger partial charge in [-0.2, -0.15) is 0 Å². The van der Waals surface area contributed by atoms with E-state index in [0.717, 1.165) is 41.2 Å². The van der Waals surface area contributed by atoms with E-state index >= 15 is 0 Å². The number of allylic oxidation sites excluding steroid dienone is 1. The number of fused-ring (bicyclic) bond motifs is 1. The molecule has 0 nitrogen and oxygen atoms in total. The molecule has 0 saturated carbocycles. The second-order valence-corrected chi connectivity index (χ2v) is 7.02. The van der Waals surface area contributed by atoms with Crippen LogP contribution < -0.4 is 0 Å². The van der Waals surface area contributed by atoms with Crippen LogP contribution >= 0.6 is 0 Å². The van der Waals surface area contributed by atoms with E-state index in [-0.39, 0.29) is 5.39 Å². The molecule has 0 aliphatic heterocycles. The Morgan fingerprint density at radius 3 is 1.83 bits per heavy atom. The molecule has 0 heterocycles. The first-order valence-electron chi connectivity index (χ1n) is 9.45. The van der Waals surface area contributed by atoms with Crippen LogP contribution in [0.25, 0.3) is 33.0 Å². The zero-order valence-corrected chi connectivity index (χ0v) is 15.8. The summed E-state index contributed by atoms with van der Waals surface area (Å²) in [5, 5.41) is 0.402. The Hall–Kier alpha value is -3.33. The maximum atomic E-state index is 13.9. The van der Waals surface area contributed by atoms with E-state index in [9.17, 15) is 13.2 Å². The van der Waals surface area contributed by atoms with Gasteiger partial charge in [-0.3, -0.25) is 0 Å². The van der Waals surface area contributed by atoms with Crippen molar-refractivity contribution in [3.05, 3.63) is 108 Å². The van der Waals surface area contributed by atoms with Gasteiger partial charge in [0.25, 0.3) is 0 Å². The Labute approximate surface area is 167 Å². The number of benzene rings is 4. The van der Waals surface area contributed by atoms with Crippen LogP contribution in [0.2, 0.25) is 0 Å². The molecule has 0 spiro atoms. The van der Waals surface area contributed by atoms with Crippen molar-refractivity contribution in [2.45, 2.75) is 12.8 Å². The fourth-order valence-electron chi connectivity index (χ4n) is 3.47. The van der Waals surface area contributed by atoms with Gasteiger partial charge in [0.15, 0.2) is 17.5 Å². The first-order chi connectivity index (χ1) is 14.1. The maximum absolute atomic E-state index is 13.9. The minimum atomic E-state index is -1.44. The highest BCUT2D eigenvalue weighted by molar-refractivity contribution is 5.88. The molecule has 29 heavy (non-hydrogen) atoms. The monoisotopic (exact) mass is 388 g/mol. The third-order valence-corrected chi connectivity index (χ3v) is 5.12. The van der Waals surface area contributed by atoms with Gasteiger partial charge in [-0.25, -0.2) is 13.2 Å². The lowest BCUT2D eigenvalue weighted by atomic mass is 9.97. The summed E-state index contributed by atoms with van der Waals surface area (Å²) in [7, 11) is 0. The van der Waals surface area contributed by atoms with E-state index in [1.54, 1.807) is 12.1 Å². The van der Waals surface area contributed by atoms with E-state index < -0.39 is 17.5 Å². The Bertz CT molecular complexity index is 1170. The molecule has 4 aromatic carbocycles. The molecular weight excluding hydrogens is 369 g/mol. The number of halogens is 3. The van der Waals surface area contributed by atoms with E-state index in [1.165, 1.54) is 11.6 Å². The van der Waals surface area contributed by atoms with Crippen LogP contribution in [0.3, 0.4) is 0 Å². The Kier molecular flexibility index (Phi) is 5.22. The van der Waals surface area contributed by atoms with E-state index in [0.29, 0.717) is 5.39 Å². The van der Waals surface area contributed by atoms with Crippen molar-refractivity contribution in [1.82, 2.24) is 0 Å². The summed E-state index contributed by atoms with van der Waals surface area (Å²) in [5.74, 6) is -3.78. The first-order valence-corrected chi connectivity index (χ1v) is 9.45. The zero-order valence-electron chi connectivity index (χ0n) is 15.8. The molecule has 0 amide bonds. The normalized spacial score (nSPS) is 11.0. The van der Waals surface area contributed by atoms with Crippen LogP contribution in [0.5, 0.6) is 0 Å². The molecule has 4 rings (SSSR count). The Morgan fingerprint density at radius 1 is 0.655 bits per heavy atom. The minimum absolute atomic E-state index is 0.0702. The number of hydrogen-bond acceptors (Lipinski definition) is 0. The van der Waals surface area contributed by atoms with Gasteiger partial charge in [0.2, 0.25) is 0 Å². The lowest BCUT2D eigenvalue weighted by Crippen LogP contribution is -1.92. The summed E-state index contributed by atoms with van der Waals surface area (Å²) in [4.78, 5) is 0. The fourth-order valence-corrected chi connectivity index (χ4v) is 3.47. The van der Waals surface area contributed by atoms with Crippen molar-refractivity contribution in [3.8, 4) is 22.3 Å². The van der Waals surface area contributed by atoms with Crippen molar-refractivity contribution < 1.29 is 13.2 Å². The number of hydrogen-bond donors (Lipinski definition) is 0. The van der Waals surface area contributed by atoms with E-state index in [1.807, 2.05) is 30.3 Å². The summed E-state index contributed by atoms with van der Waals surface area (Å²) in [6.07, 6.45) is 3.86. The summed E-state index contributed by atoms with van der Waals surface area (Å²) >= 11 is 0. The standard InChI is InChI=1S/C26H19F3/c1-2-3-4-17-5-7-18(8-6-17)19-9-11-20(12-10-19)21-13-14-23-22(15-21)16-24(27)26(29)25(23)28/h2,5-16H,1,3-4H2. The lowest BCUT2D eigenvalue weighted by Gasteiger charge is -2.08. The van der Waals surface area contributed by atoms with Crippen molar-refractivity contribution >= 4 is 10.8 Å². The van der Waals surface area contributed by atoms with Gasteiger partial charge in [0.05, 0.1) is 0 Å². The summed E-state index contributed by atoms with van der Waals surface area (Å²) < 4.78 is 40.9. The molecular formula is C26H19F3. The van der Waals surface area contributed by atoms with Crippen molar-refractivity contribution in [3.63, 3.8) is 0 Å². The molecule has 0 saturated heterocycles. The predicted molar refractivity (Wildman–Crippen MR) is 113 cm³/mol. The van der Waals surface area contributed by atoms with Crippen molar-refractivity contribution in [1.29, 1.82) is 0 Å². The molecule has 4 aromatic rings. The fraction of sp³-hybridized carbons (Fsp3) is 0.0769. The van der Waals surface area contributed by atoms with Gasteiger partial charge in [0, 0.05) is 5.39 Å². The molecule has 0 unspecified atom stereocenters. The predicted octanol–water partition coefficient (Wildman–Crippen LogP) is 7.71. The number of aryl methyl sites for hydroxylation is 1. The Morgan fingerprint density at radius 2 is 1.21 bits per heavy atom. The van der Waals surface area contributed by atoms with Gasteiger partial charge in [-0.1, -0.05) is 66.7 Å². The highest BCUT2D eigenvalue weighted by Gasteiger charge is 2.14. The molecule has 0 atom stereocenters. The molecule has 0 aliphatic carbocycles. The average molecular weight is 388 g/mol. The van der Waals surface area contributed by atoms with Gasteiger partial charge in [-0.05, 0) is 58.2 Å². The topological polar surface area (TPSA) is 0 Å². The van der Waals surface area contributed by atoms with Gasteiger partial charge >= 0.3 is 0 Å². The largest absolute Gasteiger partial charge is 0.204 e. The van der Waals surface area contributed by atoms with Crippen LogP contribution in [-0.4, -0.2) is 0 Å². The van der Waals surface area contributed by atoms with Crippen molar-refractivity contribution in [2.24, 2.45) is 0 Å². The van der Waals surface area contributed by atoms with Crippen molar-refractivity contribution in [2.75, 3.05) is 0 Å². The molecule has 0 radical (unpaired) electrons. The first kappa shape index (κ1) is 19.0. The zero-order chi connectivity index (χ0) is 20.4. The lowest BCUT2D eigenvalue weighted by molar-refractivity contribution is 0.453. The highest BCUT2D eigenvalue weighted by atomic mass is 19.2. The third-order valence-electron chi connectivity index (χ3n) is 5.12. The van der Waals surface area contributed by atoms with E-state index in [4.69, 9.17) is 0 Å². The van der Waals surface area contributed by atoms with Crippen LogP contribution in [0.1, 0.15) is 12.0 Å². The van der Waals surface area contributed by atoms with Crippen LogP contribution in [0.4, 0.5) is 13.2 Å². The van der Waals surface area contributed by atoms with Gasteiger partial charge in [-0.15, -0.1) is 6.58 Å². The SMILES string of the molecule is C=CCCc1ccc(-c2ccc(-c3ccc4c(F)c(F)c(F)cc4c3)cc2)cc1. The van der Waals surface area contributed by atoms with Crippen LogP contribution in [0.15, 0.2) is 85.5 Å². The maximum Gasteiger partial charge on any atom is 0.195 e. The molecule has 3 heteroatoms. The molecule has 0 N–H and O–H groups in total. The Balaban J connectivity index is 1.62. The molecule has 0 aromatic heterocycles. The second-order valence-electron chi connectivity index (χ2n) is 7.02. The summed E-state index contributed by atoms with van der Waals surface area (Å²) in [6.45, 7) is 3.75. The van der Waals surface area contributed by atoms with Gasteiger partial charge < -0.3 is 0 Å².